The molecule has 17 heavy (non-hydrogen) atoms. The van der Waals surface area contributed by atoms with Crippen molar-refractivity contribution in [3.8, 4) is 5.88 Å². The van der Waals surface area contributed by atoms with E-state index in [2.05, 4.69) is 50.4 Å². The Labute approximate surface area is 103 Å². The Morgan fingerprint density at radius 3 is 1.76 bits per heavy atom. The molecule has 2 aromatic rings. The summed E-state index contributed by atoms with van der Waals surface area (Å²) >= 11 is 0. The molecule has 3 heteroatoms. The second kappa shape index (κ2) is 6.01. The first kappa shape index (κ1) is 13.2. The molecule has 0 aliphatic heterocycles. The van der Waals surface area contributed by atoms with Gasteiger partial charge in [-0.2, -0.15) is 0 Å². The van der Waals surface area contributed by atoms with Crippen molar-refractivity contribution in [3.63, 3.8) is 0 Å². The predicted octanol–water partition coefficient (Wildman–Crippen LogP) is 2.04. The van der Waals surface area contributed by atoms with Crippen LogP contribution in [0.4, 0.5) is 5.69 Å². The fourth-order valence-corrected chi connectivity index (χ4v) is 1.22. The molecule has 0 saturated heterocycles. The third kappa shape index (κ3) is 5.13. The van der Waals surface area contributed by atoms with Crippen molar-refractivity contribution >= 4 is 5.69 Å². The van der Waals surface area contributed by atoms with Gasteiger partial charge in [0.2, 0.25) is 0 Å². The maximum Gasteiger partial charge on any atom is 0.132 e. The van der Waals surface area contributed by atoms with Crippen molar-refractivity contribution in [2.45, 2.75) is 0 Å². The summed E-state index contributed by atoms with van der Waals surface area (Å²) in [5.74, 6) is -0.178. The molecule has 0 spiro atoms. The Morgan fingerprint density at radius 2 is 1.47 bits per heavy atom. The van der Waals surface area contributed by atoms with Crippen molar-refractivity contribution in [1.29, 1.82) is 0 Å². The van der Waals surface area contributed by atoms with Crippen molar-refractivity contribution in [1.82, 2.24) is 9.47 Å². The number of quaternary nitrogens is 1. The molecule has 0 atom stereocenters. The molecule has 0 N–H and O–H groups in total. The van der Waals surface area contributed by atoms with E-state index in [1.54, 1.807) is 12.1 Å². The van der Waals surface area contributed by atoms with Crippen molar-refractivity contribution < 1.29 is 5.11 Å². The van der Waals surface area contributed by atoms with Crippen LogP contribution in [-0.4, -0.2) is 26.1 Å². The van der Waals surface area contributed by atoms with Crippen molar-refractivity contribution in [2.75, 3.05) is 21.1 Å². The van der Waals surface area contributed by atoms with E-state index in [9.17, 15) is 5.11 Å². The first-order chi connectivity index (χ1) is 8.00. The summed E-state index contributed by atoms with van der Waals surface area (Å²) in [5.41, 5.74) is 1.34. The summed E-state index contributed by atoms with van der Waals surface area (Å²) in [6, 6.07) is 15.2. The van der Waals surface area contributed by atoms with Gasteiger partial charge < -0.3 is 5.11 Å². The monoisotopic (exact) mass is 230 g/mol. The summed E-state index contributed by atoms with van der Waals surface area (Å²) in [7, 11) is 6.49. The molecule has 0 amide bonds. The van der Waals surface area contributed by atoms with Gasteiger partial charge >= 0.3 is 0 Å². The van der Waals surface area contributed by atoms with Gasteiger partial charge in [-0.15, -0.1) is 0 Å². The lowest BCUT2D eigenvalue weighted by Crippen LogP contribution is -2.34. The molecule has 0 aliphatic rings. The molecule has 3 nitrogen and oxygen atoms in total. The number of aromatic nitrogens is 1. The molecule has 0 unspecified atom stereocenters. The van der Waals surface area contributed by atoms with Crippen LogP contribution in [-0.2, 0) is 0 Å². The number of pyridine rings is 1. The van der Waals surface area contributed by atoms with Gasteiger partial charge in [-0.1, -0.05) is 30.3 Å². The number of hydrogen-bond donors (Lipinski definition) is 0. The topological polar surface area (TPSA) is 36.0 Å². The third-order valence-electron chi connectivity index (χ3n) is 2.17. The minimum absolute atomic E-state index is 0.178. The summed E-state index contributed by atoms with van der Waals surface area (Å²) in [6.45, 7) is 0. The van der Waals surface area contributed by atoms with Crippen LogP contribution in [0.3, 0.4) is 0 Å². The van der Waals surface area contributed by atoms with Crippen LogP contribution < -0.4 is 9.59 Å². The lowest BCUT2D eigenvalue weighted by molar-refractivity contribution is -0.274. The van der Waals surface area contributed by atoms with Crippen LogP contribution in [0.5, 0.6) is 5.88 Å². The number of benzene rings is 1. The van der Waals surface area contributed by atoms with Gasteiger partial charge in [0, 0.05) is 6.20 Å². The molecule has 0 saturated carbocycles. The Bertz CT molecular complexity index is 421. The van der Waals surface area contributed by atoms with E-state index < -0.39 is 0 Å². The van der Waals surface area contributed by atoms with E-state index in [1.165, 1.54) is 18.0 Å². The minimum atomic E-state index is -0.178. The summed E-state index contributed by atoms with van der Waals surface area (Å²) in [6.07, 6.45) is 1.47. The van der Waals surface area contributed by atoms with Gasteiger partial charge in [-0.25, -0.2) is 0 Å². The molecular weight excluding hydrogens is 212 g/mol. The van der Waals surface area contributed by atoms with Gasteiger partial charge in [-0.3, -0.25) is 9.47 Å². The molecule has 0 radical (unpaired) electrons. The van der Waals surface area contributed by atoms with Crippen LogP contribution in [0.2, 0.25) is 0 Å². The number of nitrogens with zero attached hydrogens (tertiary/aromatic N) is 2. The second-order valence-corrected chi connectivity index (χ2v) is 4.52. The van der Waals surface area contributed by atoms with E-state index in [0.717, 1.165) is 4.48 Å². The largest absolute Gasteiger partial charge is 0.859 e. The summed E-state index contributed by atoms with van der Waals surface area (Å²) in [4.78, 5) is 3.42. The highest BCUT2D eigenvalue weighted by Crippen LogP contribution is 2.14. The maximum atomic E-state index is 10.2. The standard InChI is InChI=1S/C9H14N.C5H5NO/c1-10(2,3)9-7-5-4-6-8-9;7-5-3-1-2-4-6-5/h4-8H,1-3H3;1-4H,(H,6,7)/q+1;/p-1. The molecule has 2 rings (SSSR count). The van der Waals surface area contributed by atoms with E-state index >= 15 is 0 Å². The number of para-hydroxylation sites is 1. The SMILES string of the molecule is C[N+](C)(C)c1ccccc1.[O-]c1ccccn1. The van der Waals surface area contributed by atoms with Crippen molar-refractivity contribution in [2.24, 2.45) is 0 Å². The highest BCUT2D eigenvalue weighted by atomic mass is 16.3. The number of rotatable bonds is 1. The molecule has 1 aromatic heterocycles. The van der Waals surface area contributed by atoms with Crippen LogP contribution in [0.1, 0.15) is 0 Å². The zero-order valence-corrected chi connectivity index (χ0v) is 10.5. The Kier molecular flexibility index (Phi) is 4.67. The average molecular weight is 230 g/mol. The van der Waals surface area contributed by atoms with E-state index in [-0.39, 0.29) is 5.88 Å². The van der Waals surface area contributed by atoms with Crippen molar-refractivity contribution in [3.05, 3.63) is 54.7 Å². The maximum absolute atomic E-state index is 10.2. The van der Waals surface area contributed by atoms with Gasteiger partial charge in [0.05, 0.1) is 21.1 Å². The van der Waals surface area contributed by atoms with Gasteiger partial charge in [-0.05, 0) is 24.1 Å². The summed E-state index contributed by atoms with van der Waals surface area (Å²) < 4.78 is 0.890. The average Bonchev–Trinajstić information content (AvgIpc) is 2.31. The van der Waals surface area contributed by atoms with Gasteiger partial charge in [0.25, 0.3) is 0 Å². The first-order valence-corrected chi connectivity index (χ1v) is 5.45. The highest BCUT2D eigenvalue weighted by molar-refractivity contribution is 5.40. The van der Waals surface area contributed by atoms with E-state index in [0.29, 0.717) is 0 Å². The fourth-order valence-electron chi connectivity index (χ4n) is 1.22. The molecule has 0 aliphatic carbocycles. The lowest BCUT2D eigenvalue weighted by Gasteiger charge is -2.22. The normalized spacial score (nSPS) is 10.3. The van der Waals surface area contributed by atoms with Crippen LogP contribution in [0.25, 0.3) is 0 Å². The van der Waals surface area contributed by atoms with E-state index in [4.69, 9.17) is 0 Å². The molecule has 90 valence electrons. The van der Waals surface area contributed by atoms with Crippen LogP contribution in [0.15, 0.2) is 54.7 Å². The Balaban J connectivity index is 0.000000181. The quantitative estimate of drug-likeness (QED) is 0.703. The molecule has 0 fully saturated rings. The fraction of sp³-hybridized carbons (Fsp3) is 0.214. The van der Waals surface area contributed by atoms with Crippen LogP contribution >= 0.6 is 0 Å². The zero-order chi connectivity index (χ0) is 12.7. The van der Waals surface area contributed by atoms with Gasteiger partial charge in [0.15, 0.2) is 0 Å². The predicted molar refractivity (Wildman–Crippen MR) is 69.7 cm³/mol. The molecule has 1 heterocycles. The smallest absolute Gasteiger partial charge is 0.132 e. The van der Waals surface area contributed by atoms with E-state index in [1.807, 2.05) is 6.07 Å². The summed E-state index contributed by atoms with van der Waals surface area (Å²) in [5, 5.41) is 10.2. The second-order valence-electron chi connectivity index (χ2n) is 4.52. The molecule has 0 bridgehead atoms. The van der Waals surface area contributed by atoms with Gasteiger partial charge in [0.1, 0.15) is 5.69 Å². The Hall–Kier alpha value is -1.87. The zero-order valence-electron chi connectivity index (χ0n) is 10.5. The first-order valence-electron chi connectivity index (χ1n) is 5.45. The third-order valence-corrected chi connectivity index (χ3v) is 2.17. The Morgan fingerprint density at radius 1 is 0.882 bits per heavy atom. The molecular formula is C14H18N2O. The van der Waals surface area contributed by atoms with Crippen LogP contribution in [0, 0.1) is 0 Å². The lowest BCUT2D eigenvalue weighted by atomic mass is 10.3. The number of hydrogen-bond acceptors (Lipinski definition) is 2. The highest BCUT2D eigenvalue weighted by Gasteiger charge is 2.08. The molecule has 1 aromatic carbocycles. The minimum Gasteiger partial charge on any atom is -0.859 e.